The Morgan fingerprint density at radius 1 is 1.19 bits per heavy atom. The summed E-state index contributed by atoms with van der Waals surface area (Å²) >= 11 is 0. The Morgan fingerprint density at radius 3 is 2.73 bits per heavy atom. The van der Waals surface area contributed by atoms with Crippen molar-refractivity contribution in [3.8, 4) is 0 Å². The van der Waals surface area contributed by atoms with Crippen LogP contribution in [0, 0.1) is 0 Å². The summed E-state index contributed by atoms with van der Waals surface area (Å²) in [5.41, 5.74) is 0.899. The molecule has 3 aliphatic heterocycles. The highest BCUT2D eigenvalue weighted by atomic mass is 16.6. The maximum atomic E-state index is 12.3. The van der Waals surface area contributed by atoms with Gasteiger partial charge in [0, 0.05) is 37.5 Å². The average molecular weight is 358 g/mol. The summed E-state index contributed by atoms with van der Waals surface area (Å²) < 4.78 is 5.84. The van der Waals surface area contributed by atoms with Gasteiger partial charge in [-0.15, -0.1) is 0 Å². The molecule has 0 aromatic heterocycles. The third-order valence-corrected chi connectivity index (χ3v) is 6.16. The molecule has 1 aromatic carbocycles. The second kappa shape index (κ2) is 6.91. The minimum Gasteiger partial charge on any atom is -0.465 e. The molecule has 1 aromatic rings. The topological polar surface area (TPSA) is 70.1 Å². The van der Waals surface area contributed by atoms with Crippen molar-refractivity contribution in [1.29, 1.82) is 0 Å². The molecule has 3 aliphatic rings. The molecule has 140 valence electrons. The zero-order valence-electron chi connectivity index (χ0n) is 15.0. The zero-order chi connectivity index (χ0) is 18.1. The Kier molecular flexibility index (Phi) is 4.61. The molecule has 0 bridgehead atoms. The van der Waals surface area contributed by atoms with Gasteiger partial charge in [-0.25, -0.2) is 9.59 Å². The van der Waals surface area contributed by atoms with Crippen LogP contribution in [0.4, 0.5) is 4.79 Å². The fraction of sp³-hybridized carbons (Fsp3) is 0.600. The first kappa shape index (κ1) is 17.3. The summed E-state index contributed by atoms with van der Waals surface area (Å²) in [4.78, 5) is 28.0. The molecule has 2 atom stereocenters. The maximum Gasteiger partial charge on any atom is 0.407 e. The molecule has 0 radical (unpaired) electrons. The van der Waals surface area contributed by atoms with Crippen LogP contribution in [0.1, 0.15) is 54.4 Å². The van der Waals surface area contributed by atoms with Crippen LogP contribution in [-0.2, 0) is 10.3 Å². The van der Waals surface area contributed by atoms with E-state index in [9.17, 15) is 14.7 Å². The maximum absolute atomic E-state index is 12.3. The van der Waals surface area contributed by atoms with Gasteiger partial charge in [0.2, 0.25) is 0 Å². The Labute approximate surface area is 153 Å². The number of carbonyl (C=O) groups is 2. The molecule has 2 fully saturated rings. The number of esters is 1. The quantitative estimate of drug-likeness (QED) is 0.841. The van der Waals surface area contributed by atoms with Crippen LogP contribution >= 0.6 is 0 Å². The zero-order valence-corrected chi connectivity index (χ0v) is 15.0. The highest BCUT2D eigenvalue weighted by Gasteiger charge is 2.50. The standard InChI is InChI=1S/C20H26N2O4/c23-18-16-6-2-3-7-17(16)20(26-18)9-13-22(19(24)25)15(14-20)8-12-21-10-4-1-5-11-21/h2-3,6-7,15H,1,4-5,8-14H2,(H,24,25). The Morgan fingerprint density at radius 2 is 1.96 bits per heavy atom. The van der Waals surface area contributed by atoms with E-state index in [1.807, 2.05) is 18.2 Å². The van der Waals surface area contributed by atoms with Gasteiger partial charge in [0.05, 0.1) is 5.56 Å². The van der Waals surface area contributed by atoms with Gasteiger partial charge in [-0.2, -0.15) is 0 Å². The summed E-state index contributed by atoms with van der Waals surface area (Å²) in [7, 11) is 0. The van der Waals surface area contributed by atoms with Crippen LogP contribution < -0.4 is 0 Å². The lowest BCUT2D eigenvalue weighted by Gasteiger charge is -2.43. The number of fused-ring (bicyclic) bond motifs is 2. The number of amides is 1. The van der Waals surface area contributed by atoms with Gasteiger partial charge >= 0.3 is 12.1 Å². The van der Waals surface area contributed by atoms with E-state index in [-0.39, 0.29) is 12.0 Å². The van der Waals surface area contributed by atoms with Crippen LogP contribution in [-0.4, -0.2) is 59.2 Å². The summed E-state index contributed by atoms with van der Waals surface area (Å²) in [6.45, 7) is 3.51. The smallest absolute Gasteiger partial charge is 0.407 e. The van der Waals surface area contributed by atoms with E-state index in [1.54, 1.807) is 11.0 Å². The van der Waals surface area contributed by atoms with Gasteiger partial charge in [-0.1, -0.05) is 24.6 Å². The Bertz CT molecular complexity index is 701. The van der Waals surface area contributed by atoms with Crippen molar-refractivity contribution in [2.24, 2.45) is 0 Å². The van der Waals surface area contributed by atoms with Gasteiger partial charge in [-0.3, -0.25) is 0 Å². The molecular weight excluding hydrogens is 332 g/mol. The lowest BCUT2D eigenvalue weighted by Crippen LogP contribution is -2.52. The molecule has 2 unspecified atom stereocenters. The van der Waals surface area contributed by atoms with Crippen LogP contribution in [0.15, 0.2) is 24.3 Å². The first-order chi connectivity index (χ1) is 12.6. The summed E-state index contributed by atoms with van der Waals surface area (Å²) in [5, 5.41) is 9.63. The molecule has 2 saturated heterocycles. The van der Waals surface area contributed by atoms with Crippen molar-refractivity contribution in [2.75, 3.05) is 26.2 Å². The predicted molar refractivity (Wildman–Crippen MR) is 96.2 cm³/mol. The van der Waals surface area contributed by atoms with Gasteiger partial charge < -0.3 is 19.6 Å². The molecule has 1 N–H and O–H groups in total. The van der Waals surface area contributed by atoms with Crippen molar-refractivity contribution in [1.82, 2.24) is 9.80 Å². The monoisotopic (exact) mass is 358 g/mol. The van der Waals surface area contributed by atoms with Crippen LogP contribution in [0.25, 0.3) is 0 Å². The number of likely N-dealkylation sites (tertiary alicyclic amines) is 2. The number of rotatable bonds is 3. The molecule has 26 heavy (non-hydrogen) atoms. The first-order valence-corrected chi connectivity index (χ1v) is 9.64. The molecule has 3 heterocycles. The summed E-state index contributed by atoms with van der Waals surface area (Å²) in [5.74, 6) is -0.279. The van der Waals surface area contributed by atoms with Crippen molar-refractivity contribution in [2.45, 2.75) is 50.2 Å². The fourth-order valence-corrected chi connectivity index (χ4v) is 4.78. The van der Waals surface area contributed by atoms with E-state index in [0.717, 1.165) is 31.6 Å². The molecule has 4 rings (SSSR count). The molecule has 6 nitrogen and oxygen atoms in total. The normalized spacial score (nSPS) is 28.8. The van der Waals surface area contributed by atoms with E-state index >= 15 is 0 Å². The van der Waals surface area contributed by atoms with Crippen molar-refractivity contribution >= 4 is 12.1 Å². The lowest BCUT2D eigenvalue weighted by atomic mass is 9.79. The SMILES string of the molecule is O=C1OC2(CCN(C(=O)O)C(CCN3CCCCC3)C2)c2ccccc21. The van der Waals surface area contributed by atoms with Crippen LogP contribution in [0.3, 0.4) is 0 Å². The first-order valence-electron chi connectivity index (χ1n) is 9.64. The highest BCUT2D eigenvalue weighted by Crippen LogP contribution is 2.46. The number of hydrogen-bond acceptors (Lipinski definition) is 4. The van der Waals surface area contributed by atoms with Crippen molar-refractivity contribution < 1.29 is 19.4 Å². The van der Waals surface area contributed by atoms with E-state index in [1.165, 1.54) is 19.3 Å². The molecule has 1 amide bonds. The third-order valence-electron chi connectivity index (χ3n) is 6.16. The minimum absolute atomic E-state index is 0.123. The van der Waals surface area contributed by atoms with E-state index in [2.05, 4.69) is 4.90 Å². The van der Waals surface area contributed by atoms with Crippen LogP contribution in [0.2, 0.25) is 0 Å². The highest BCUT2D eigenvalue weighted by molar-refractivity contribution is 5.94. The molecule has 1 spiro atoms. The fourth-order valence-electron chi connectivity index (χ4n) is 4.78. The molecule has 6 heteroatoms. The molecular formula is C20H26N2O4. The molecule has 0 saturated carbocycles. The Hall–Kier alpha value is -2.08. The number of benzene rings is 1. The van der Waals surface area contributed by atoms with Crippen molar-refractivity contribution in [3.63, 3.8) is 0 Å². The third kappa shape index (κ3) is 3.07. The van der Waals surface area contributed by atoms with E-state index in [0.29, 0.717) is 24.9 Å². The van der Waals surface area contributed by atoms with Gasteiger partial charge in [-0.05, 0) is 38.4 Å². The van der Waals surface area contributed by atoms with E-state index < -0.39 is 11.7 Å². The molecule has 0 aliphatic carbocycles. The number of hydrogen-bond donors (Lipinski definition) is 1. The number of carboxylic acid groups (broad SMARTS) is 1. The van der Waals surface area contributed by atoms with Crippen molar-refractivity contribution in [3.05, 3.63) is 35.4 Å². The number of ether oxygens (including phenoxy) is 1. The van der Waals surface area contributed by atoms with Gasteiger partial charge in [0.25, 0.3) is 0 Å². The Balaban J connectivity index is 1.53. The minimum atomic E-state index is -0.874. The predicted octanol–water partition coefficient (Wildman–Crippen LogP) is 3.07. The second-order valence-corrected chi connectivity index (χ2v) is 7.70. The second-order valence-electron chi connectivity index (χ2n) is 7.70. The summed E-state index contributed by atoms with van der Waals surface area (Å²) in [6.07, 6.45) is 4.73. The lowest BCUT2D eigenvalue weighted by molar-refractivity contribution is -0.0579. The van der Waals surface area contributed by atoms with Crippen LogP contribution in [0.5, 0.6) is 0 Å². The number of nitrogens with zero attached hydrogens (tertiary/aromatic N) is 2. The average Bonchev–Trinajstić information content (AvgIpc) is 2.93. The number of piperidine rings is 2. The summed E-state index contributed by atoms with van der Waals surface area (Å²) in [6, 6.07) is 7.41. The van der Waals surface area contributed by atoms with Gasteiger partial charge in [0.1, 0.15) is 5.60 Å². The van der Waals surface area contributed by atoms with Gasteiger partial charge in [0.15, 0.2) is 0 Å². The largest absolute Gasteiger partial charge is 0.465 e. The number of carbonyl (C=O) groups excluding carboxylic acids is 1. The van der Waals surface area contributed by atoms with E-state index in [4.69, 9.17) is 4.74 Å².